The molecule has 3 N–H and O–H groups in total. The third kappa shape index (κ3) is 3.60. The van der Waals surface area contributed by atoms with Gasteiger partial charge in [-0.3, -0.25) is 4.79 Å². The molecule has 3 aliphatic carbocycles. The SMILES string of the molecule is C=C1CC[C@H]2[C@H](CNC(=O)CC)[C@@H]([C@@]3(C)CC[C@H](O)C[C@@H]3CO)CC[C@]12C. The third-order valence-corrected chi connectivity index (χ3v) is 8.82. The fraction of sp³-hybridized carbons (Fsp3) is 0.870. The Bertz CT molecular complexity index is 576. The summed E-state index contributed by atoms with van der Waals surface area (Å²) in [5.74, 6) is 1.73. The van der Waals surface area contributed by atoms with Crippen LogP contribution in [0.25, 0.3) is 0 Å². The summed E-state index contributed by atoms with van der Waals surface area (Å²) in [7, 11) is 0. The van der Waals surface area contributed by atoms with E-state index in [-0.39, 0.29) is 35.4 Å². The summed E-state index contributed by atoms with van der Waals surface area (Å²) in [4.78, 5) is 12.0. The van der Waals surface area contributed by atoms with Crippen LogP contribution in [-0.4, -0.2) is 35.4 Å². The maximum atomic E-state index is 12.0. The quantitative estimate of drug-likeness (QED) is 0.640. The van der Waals surface area contributed by atoms with Gasteiger partial charge in [-0.2, -0.15) is 0 Å². The van der Waals surface area contributed by atoms with Gasteiger partial charge >= 0.3 is 0 Å². The van der Waals surface area contributed by atoms with Gasteiger partial charge < -0.3 is 15.5 Å². The summed E-state index contributed by atoms with van der Waals surface area (Å²) in [6.45, 7) is 11.9. The molecule has 0 aliphatic heterocycles. The zero-order chi connectivity index (χ0) is 19.8. The van der Waals surface area contributed by atoms with Gasteiger partial charge in [-0.25, -0.2) is 0 Å². The van der Waals surface area contributed by atoms with Crippen LogP contribution in [0, 0.1) is 34.5 Å². The number of amides is 1. The van der Waals surface area contributed by atoms with E-state index in [0.29, 0.717) is 30.6 Å². The summed E-state index contributed by atoms with van der Waals surface area (Å²) in [6.07, 6.45) is 7.29. The van der Waals surface area contributed by atoms with Crippen molar-refractivity contribution in [2.45, 2.75) is 78.2 Å². The smallest absolute Gasteiger partial charge is 0.219 e. The van der Waals surface area contributed by atoms with E-state index in [2.05, 4.69) is 25.7 Å². The van der Waals surface area contributed by atoms with Gasteiger partial charge in [0.15, 0.2) is 0 Å². The van der Waals surface area contributed by atoms with Crippen LogP contribution < -0.4 is 5.32 Å². The van der Waals surface area contributed by atoms with Gasteiger partial charge in [0.25, 0.3) is 0 Å². The number of carbonyl (C=O) groups excluding carboxylic acids is 1. The normalized spacial score (nSPS) is 44.8. The Kier molecular flexibility index (Phi) is 6.08. The lowest BCUT2D eigenvalue weighted by Gasteiger charge is -2.56. The van der Waals surface area contributed by atoms with Gasteiger partial charge in [0, 0.05) is 19.6 Å². The Morgan fingerprint density at radius 1 is 1.22 bits per heavy atom. The van der Waals surface area contributed by atoms with Gasteiger partial charge in [-0.05, 0) is 79.4 Å². The second-order valence-corrected chi connectivity index (χ2v) is 9.95. The van der Waals surface area contributed by atoms with E-state index in [4.69, 9.17) is 0 Å². The molecule has 3 saturated carbocycles. The molecule has 0 bridgehead atoms. The molecule has 7 atom stereocenters. The molecule has 0 aromatic carbocycles. The Morgan fingerprint density at radius 2 is 1.96 bits per heavy atom. The second kappa shape index (κ2) is 7.87. The van der Waals surface area contributed by atoms with Crippen molar-refractivity contribution in [3.8, 4) is 0 Å². The average Bonchev–Trinajstić information content (AvgIpc) is 2.96. The Hall–Kier alpha value is -0.870. The van der Waals surface area contributed by atoms with Crippen LogP contribution in [0.3, 0.4) is 0 Å². The largest absolute Gasteiger partial charge is 0.396 e. The molecule has 0 saturated heterocycles. The molecule has 3 aliphatic rings. The van der Waals surface area contributed by atoms with Crippen LogP contribution in [0.1, 0.15) is 72.1 Å². The van der Waals surface area contributed by atoms with Crippen LogP contribution in [0.2, 0.25) is 0 Å². The number of hydrogen-bond acceptors (Lipinski definition) is 3. The number of carbonyl (C=O) groups is 1. The van der Waals surface area contributed by atoms with Crippen LogP contribution in [0.5, 0.6) is 0 Å². The van der Waals surface area contributed by atoms with Gasteiger partial charge in [-0.1, -0.05) is 32.9 Å². The lowest BCUT2D eigenvalue weighted by molar-refractivity contribution is -0.123. The summed E-state index contributed by atoms with van der Waals surface area (Å²) in [5.41, 5.74) is 1.61. The van der Waals surface area contributed by atoms with Gasteiger partial charge in [0.05, 0.1) is 6.10 Å². The molecule has 1 amide bonds. The highest BCUT2D eigenvalue weighted by Gasteiger charge is 2.56. The van der Waals surface area contributed by atoms with Crippen molar-refractivity contribution < 1.29 is 15.0 Å². The highest BCUT2D eigenvalue weighted by atomic mass is 16.3. The van der Waals surface area contributed by atoms with E-state index >= 15 is 0 Å². The Morgan fingerprint density at radius 3 is 2.63 bits per heavy atom. The maximum absolute atomic E-state index is 12.0. The molecule has 0 aromatic rings. The molecule has 0 unspecified atom stereocenters. The first-order chi connectivity index (χ1) is 12.8. The van der Waals surface area contributed by atoms with E-state index in [1.807, 2.05) is 6.92 Å². The number of hydrogen-bond donors (Lipinski definition) is 3. The predicted molar refractivity (Wildman–Crippen MR) is 108 cm³/mol. The second-order valence-electron chi connectivity index (χ2n) is 9.95. The van der Waals surface area contributed by atoms with Gasteiger partial charge in [0.2, 0.25) is 5.91 Å². The van der Waals surface area contributed by atoms with Crippen LogP contribution >= 0.6 is 0 Å². The Labute approximate surface area is 164 Å². The zero-order valence-electron chi connectivity index (χ0n) is 17.5. The highest BCUT2D eigenvalue weighted by molar-refractivity contribution is 5.75. The van der Waals surface area contributed by atoms with Crippen molar-refractivity contribution in [2.24, 2.45) is 34.5 Å². The molecular formula is C23H39NO3. The minimum atomic E-state index is -0.284. The van der Waals surface area contributed by atoms with Crippen molar-refractivity contribution in [3.05, 3.63) is 12.2 Å². The van der Waals surface area contributed by atoms with Crippen LogP contribution in [0.15, 0.2) is 12.2 Å². The predicted octanol–water partition coefficient (Wildman–Crippen LogP) is 3.67. The number of aliphatic hydroxyl groups excluding tert-OH is 2. The van der Waals surface area contributed by atoms with Crippen molar-refractivity contribution in [1.82, 2.24) is 5.32 Å². The minimum Gasteiger partial charge on any atom is -0.396 e. The molecule has 0 radical (unpaired) electrons. The lowest BCUT2D eigenvalue weighted by atomic mass is 9.49. The third-order valence-electron chi connectivity index (χ3n) is 8.82. The Balaban J connectivity index is 1.90. The average molecular weight is 378 g/mol. The number of rotatable bonds is 5. The number of fused-ring (bicyclic) bond motifs is 1. The van der Waals surface area contributed by atoms with E-state index in [9.17, 15) is 15.0 Å². The van der Waals surface area contributed by atoms with Crippen molar-refractivity contribution >= 4 is 5.91 Å². The first-order valence-corrected chi connectivity index (χ1v) is 11.0. The monoisotopic (exact) mass is 377 g/mol. The van der Waals surface area contributed by atoms with Crippen molar-refractivity contribution in [3.63, 3.8) is 0 Å². The van der Waals surface area contributed by atoms with Gasteiger partial charge in [-0.15, -0.1) is 0 Å². The fourth-order valence-electron chi connectivity index (χ4n) is 6.82. The topological polar surface area (TPSA) is 69.6 Å². The van der Waals surface area contributed by atoms with Crippen molar-refractivity contribution in [2.75, 3.05) is 13.2 Å². The molecule has 27 heavy (non-hydrogen) atoms. The molecular weight excluding hydrogens is 338 g/mol. The zero-order valence-corrected chi connectivity index (χ0v) is 17.5. The summed E-state index contributed by atoms with van der Waals surface area (Å²) in [5, 5.41) is 23.5. The molecule has 0 heterocycles. The number of allylic oxidation sites excluding steroid dienone is 1. The van der Waals surface area contributed by atoms with Crippen LogP contribution in [-0.2, 0) is 4.79 Å². The fourth-order valence-corrected chi connectivity index (χ4v) is 6.82. The lowest BCUT2D eigenvalue weighted by Crippen LogP contribution is -2.53. The molecule has 4 heteroatoms. The van der Waals surface area contributed by atoms with E-state index < -0.39 is 0 Å². The minimum absolute atomic E-state index is 0.0286. The summed E-state index contributed by atoms with van der Waals surface area (Å²) < 4.78 is 0. The molecule has 0 spiro atoms. The number of aliphatic hydroxyl groups is 2. The summed E-state index contributed by atoms with van der Waals surface area (Å²) >= 11 is 0. The first kappa shape index (κ1) is 20.9. The van der Waals surface area contributed by atoms with E-state index in [1.54, 1.807) is 0 Å². The van der Waals surface area contributed by atoms with Gasteiger partial charge in [0.1, 0.15) is 0 Å². The van der Waals surface area contributed by atoms with E-state index in [0.717, 1.165) is 38.6 Å². The maximum Gasteiger partial charge on any atom is 0.219 e. The molecule has 3 rings (SSSR count). The molecule has 154 valence electrons. The standard InChI is InChI=1S/C23H39NO3/c1-5-21(27)24-13-18-19-7-6-15(2)22(19,3)11-9-20(18)23(4)10-8-17(26)12-16(23)14-25/h16-20,25-26H,2,5-14H2,1,3-4H3,(H,24,27)/t16-,17+,18+,19+,20+,22-,23+/m1/s1. The van der Waals surface area contributed by atoms with Crippen molar-refractivity contribution in [1.29, 1.82) is 0 Å². The van der Waals surface area contributed by atoms with Crippen LogP contribution in [0.4, 0.5) is 0 Å². The molecule has 4 nitrogen and oxygen atoms in total. The summed E-state index contributed by atoms with van der Waals surface area (Å²) in [6, 6.07) is 0. The molecule has 0 aromatic heterocycles. The van der Waals surface area contributed by atoms with E-state index in [1.165, 1.54) is 12.0 Å². The highest BCUT2D eigenvalue weighted by Crippen LogP contribution is 2.63. The first-order valence-electron chi connectivity index (χ1n) is 11.0. The molecule has 3 fully saturated rings. The number of nitrogens with one attached hydrogen (secondary N) is 1.